The van der Waals surface area contributed by atoms with Crippen molar-refractivity contribution in [3.05, 3.63) is 0 Å². The molecule has 1 aliphatic heterocycles. The van der Waals surface area contributed by atoms with E-state index < -0.39 is 22.4 Å². The molecule has 0 spiro atoms. The van der Waals surface area contributed by atoms with Gasteiger partial charge >= 0.3 is 6.18 Å². The zero-order chi connectivity index (χ0) is 8.65. The Labute approximate surface area is 64.9 Å². The Balaban J connectivity index is 2.80. The first kappa shape index (κ1) is 8.58. The van der Waals surface area contributed by atoms with Gasteiger partial charge in [0.15, 0.2) is 5.04 Å². The number of aliphatic imine (C=N–C) groups is 1. The molecule has 0 N–H and O–H groups in total. The highest BCUT2D eigenvalue weighted by Crippen LogP contribution is 2.32. The van der Waals surface area contributed by atoms with Crippen molar-refractivity contribution in [2.24, 2.45) is 4.99 Å². The number of carbonyl (C=O) groups is 1. The summed E-state index contributed by atoms with van der Waals surface area (Å²) in [5, 5.41) is -1.72. The molecule has 0 bridgehead atoms. The Morgan fingerprint density at radius 2 is 2.09 bits per heavy atom. The molecule has 0 aromatic carbocycles. The molecule has 62 valence electrons. The summed E-state index contributed by atoms with van der Waals surface area (Å²) in [6.45, 7) is 1.40. The van der Waals surface area contributed by atoms with E-state index in [-0.39, 0.29) is 0 Å². The third-order valence-electron chi connectivity index (χ3n) is 1.09. The molecular formula is C5H4F3NOS. The minimum atomic E-state index is -4.47. The molecule has 0 aliphatic carbocycles. The number of thioether (sulfide) groups is 1. The minimum absolute atomic E-state index is 0.456. The van der Waals surface area contributed by atoms with E-state index in [1.54, 1.807) is 0 Å². The van der Waals surface area contributed by atoms with E-state index in [1.165, 1.54) is 6.92 Å². The van der Waals surface area contributed by atoms with Crippen molar-refractivity contribution in [2.45, 2.75) is 18.3 Å². The van der Waals surface area contributed by atoms with Crippen molar-refractivity contribution < 1.29 is 18.0 Å². The molecule has 2 nitrogen and oxygen atoms in total. The number of carbonyl (C=O) groups excluding carboxylic acids is 1. The molecule has 0 saturated heterocycles. The van der Waals surface area contributed by atoms with Crippen LogP contribution >= 0.6 is 11.8 Å². The number of hydrogen-bond acceptors (Lipinski definition) is 2. The first-order valence-corrected chi connectivity index (χ1v) is 3.65. The van der Waals surface area contributed by atoms with Crippen LogP contribution in [0.5, 0.6) is 0 Å². The van der Waals surface area contributed by atoms with Crippen LogP contribution in [0.15, 0.2) is 4.99 Å². The highest BCUT2D eigenvalue weighted by Gasteiger charge is 2.42. The lowest BCUT2D eigenvalue weighted by Crippen LogP contribution is -2.17. The number of alkyl halides is 3. The van der Waals surface area contributed by atoms with Gasteiger partial charge in [-0.3, -0.25) is 4.79 Å². The van der Waals surface area contributed by atoms with Crippen LogP contribution in [0, 0.1) is 0 Å². The van der Waals surface area contributed by atoms with Gasteiger partial charge in [0.25, 0.3) is 5.91 Å². The summed E-state index contributed by atoms with van der Waals surface area (Å²) in [7, 11) is 0. The van der Waals surface area contributed by atoms with E-state index in [4.69, 9.17) is 0 Å². The number of nitrogens with zero attached hydrogens (tertiary/aromatic N) is 1. The molecule has 6 heteroatoms. The summed E-state index contributed by atoms with van der Waals surface area (Å²) in [6, 6.07) is 0. The lowest BCUT2D eigenvalue weighted by Gasteiger charge is -2.03. The topological polar surface area (TPSA) is 29.4 Å². The second-order valence-corrected chi connectivity index (χ2v) is 3.34. The van der Waals surface area contributed by atoms with Crippen molar-refractivity contribution in [1.29, 1.82) is 0 Å². The molecule has 1 atom stereocenters. The highest BCUT2D eigenvalue weighted by atomic mass is 32.2. The molecule has 1 rings (SSSR count). The van der Waals surface area contributed by atoms with E-state index in [0.29, 0.717) is 11.8 Å². The van der Waals surface area contributed by atoms with Crippen LogP contribution in [-0.2, 0) is 4.79 Å². The molecule has 0 fully saturated rings. The minimum Gasteiger partial charge on any atom is -0.271 e. The zero-order valence-electron chi connectivity index (χ0n) is 5.47. The molecule has 1 aliphatic rings. The second-order valence-electron chi connectivity index (χ2n) is 2.01. The third-order valence-corrected chi connectivity index (χ3v) is 2.19. The lowest BCUT2D eigenvalue weighted by atomic mass is 10.5. The van der Waals surface area contributed by atoms with Crippen LogP contribution in [0.1, 0.15) is 6.92 Å². The molecule has 1 unspecified atom stereocenters. The van der Waals surface area contributed by atoms with Gasteiger partial charge in [-0.15, -0.1) is 0 Å². The fourth-order valence-electron chi connectivity index (χ4n) is 0.565. The van der Waals surface area contributed by atoms with Crippen molar-refractivity contribution in [3.63, 3.8) is 0 Å². The summed E-state index contributed by atoms with van der Waals surface area (Å²) in [4.78, 5) is 13.4. The fourth-order valence-corrected chi connectivity index (χ4v) is 1.33. The van der Waals surface area contributed by atoms with Gasteiger partial charge in [-0.1, -0.05) is 11.8 Å². The SMILES string of the molecule is CC1SC(C(F)(F)F)=NC1=O. The van der Waals surface area contributed by atoms with Gasteiger partial charge in [-0.25, -0.2) is 4.99 Å². The maximum absolute atomic E-state index is 11.8. The standard InChI is InChI=1S/C5H4F3NOS/c1-2-3(10)9-4(11-2)5(6,7)8/h2H,1H3. The monoisotopic (exact) mass is 183 g/mol. The van der Waals surface area contributed by atoms with Crippen molar-refractivity contribution in [1.82, 2.24) is 0 Å². The van der Waals surface area contributed by atoms with E-state index in [2.05, 4.69) is 4.99 Å². The summed E-state index contributed by atoms with van der Waals surface area (Å²) in [5.74, 6) is -0.706. The fraction of sp³-hybridized carbons (Fsp3) is 0.600. The van der Waals surface area contributed by atoms with E-state index in [1.807, 2.05) is 0 Å². The molecule has 1 amide bonds. The smallest absolute Gasteiger partial charge is 0.271 e. The molecule has 11 heavy (non-hydrogen) atoms. The van der Waals surface area contributed by atoms with E-state index in [9.17, 15) is 18.0 Å². The van der Waals surface area contributed by atoms with Gasteiger partial charge in [-0.05, 0) is 6.92 Å². The normalized spacial score (nSPS) is 25.6. The summed E-state index contributed by atoms with van der Waals surface area (Å²) in [5.41, 5.74) is 0. The van der Waals surface area contributed by atoms with Gasteiger partial charge in [0.2, 0.25) is 0 Å². The average Bonchev–Trinajstić information content (AvgIpc) is 2.11. The maximum Gasteiger partial charge on any atom is 0.439 e. The van der Waals surface area contributed by atoms with Crippen LogP contribution in [0.4, 0.5) is 13.2 Å². The third kappa shape index (κ3) is 1.74. The Hall–Kier alpha value is -0.520. The van der Waals surface area contributed by atoms with Gasteiger partial charge < -0.3 is 0 Å². The largest absolute Gasteiger partial charge is 0.439 e. The van der Waals surface area contributed by atoms with Crippen molar-refractivity contribution in [3.8, 4) is 0 Å². The van der Waals surface area contributed by atoms with E-state index >= 15 is 0 Å². The quantitative estimate of drug-likeness (QED) is 0.571. The molecule has 1 heterocycles. The second kappa shape index (κ2) is 2.51. The van der Waals surface area contributed by atoms with Crippen LogP contribution in [0.25, 0.3) is 0 Å². The molecule has 0 aromatic rings. The van der Waals surface area contributed by atoms with Gasteiger partial charge in [0, 0.05) is 0 Å². The summed E-state index contributed by atoms with van der Waals surface area (Å²) >= 11 is 0.456. The van der Waals surface area contributed by atoms with Gasteiger partial charge in [-0.2, -0.15) is 13.2 Å². The summed E-state index contributed by atoms with van der Waals surface area (Å²) in [6.07, 6.45) is -4.47. The Bertz CT molecular complexity index is 222. The van der Waals surface area contributed by atoms with Gasteiger partial charge in [0.1, 0.15) is 0 Å². The predicted octanol–water partition coefficient (Wildman–Crippen LogP) is 1.61. The molecule has 0 aromatic heterocycles. The zero-order valence-corrected chi connectivity index (χ0v) is 6.29. The number of hydrogen-bond donors (Lipinski definition) is 0. The van der Waals surface area contributed by atoms with Crippen LogP contribution in [0.2, 0.25) is 0 Å². The summed E-state index contributed by atoms with van der Waals surface area (Å²) < 4.78 is 35.4. The first-order valence-electron chi connectivity index (χ1n) is 2.77. The Morgan fingerprint density at radius 3 is 2.27 bits per heavy atom. The van der Waals surface area contributed by atoms with Crippen LogP contribution < -0.4 is 0 Å². The number of amides is 1. The predicted molar refractivity (Wildman–Crippen MR) is 35.6 cm³/mol. The maximum atomic E-state index is 11.8. The van der Waals surface area contributed by atoms with Crippen LogP contribution in [-0.4, -0.2) is 22.4 Å². The Morgan fingerprint density at radius 1 is 1.55 bits per heavy atom. The first-order chi connectivity index (χ1) is 4.91. The van der Waals surface area contributed by atoms with E-state index in [0.717, 1.165) is 0 Å². The molecule has 0 radical (unpaired) electrons. The Kier molecular flexibility index (Phi) is 1.96. The number of rotatable bonds is 0. The van der Waals surface area contributed by atoms with Crippen molar-refractivity contribution >= 4 is 22.7 Å². The highest BCUT2D eigenvalue weighted by molar-refractivity contribution is 8.15. The van der Waals surface area contributed by atoms with Crippen LogP contribution in [0.3, 0.4) is 0 Å². The molecule has 0 saturated carbocycles. The molecular weight excluding hydrogens is 179 g/mol. The average molecular weight is 183 g/mol. The van der Waals surface area contributed by atoms with Crippen molar-refractivity contribution in [2.75, 3.05) is 0 Å². The number of halogens is 3. The lowest BCUT2D eigenvalue weighted by molar-refractivity contribution is -0.117. The van der Waals surface area contributed by atoms with Gasteiger partial charge in [0.05, 0.1) is 5.25 Å².